The summed E-state index contributed by atoms with van der Waals surface area (Å²) in [4.78, 5) is 27.0. The fraction of sp³-hybridized carbons (Fsp3) is 0.500. The van der Waals surface area contributed by atoms with Crippen molar-refractivity contribution in [3.63, 3.8) is 0 Å². The molecule has 2 N–H and O–H groups in total. The molecule has 1 fully saturated rings. The van der Waals surface area contributed by atoms with Crippen LogP contribution in [0.15, 0.2) is 12.3 Å². The first-order valence-corrected chi connectivity index (χ1v) is 8.79. The van der Waals surface area contributed by atoms with E-state index in [0.29, 0.717) is 25.1 Å². The monoisotopic (exact) mass is 326 g/mol. The van der Waals surface area contributed by atoms with Crippen molar-refractivity contribution in [1.29, 1.82) is 0 Å². The lowest BCUT2D eigenvalue weighted by Gasteiger charge is -2.22. The normalized spacial score (nSPS) is 17.9. The van der Waals surface area contributed by atoms with Crippen LogP contribution in [-0.4, -0.2) is 48.4 Å². The first-order valence-electron chi connectivity index (χ1n) is 6.97. The van der Waals surface area contributed by atoms with E-state index >= 15 is 0 Å². The van der Waals surface area contributed by atoms with Gasteiger partial charge in [0.2, 0.25) is 0 Å². The van der Waals surface area contributed by atoms with Gasteiger partial charge in [-0.25, -0.2) is 13.2 Å². The van der Waals surface area contributed by atoms with E-state index in [4.69, 9.17) is 5.11 Å². The number of hydrogen-bond acceptors (Lipinski definition) is 5. The van der Waals surface area contributed by atoms with Crippen LogP contribution < -0.4 is 5.32 Å². The van der Waals surface area contributed by atoms with Gasteiger partial charge in [-0.2, -0.15) is 0 Å². The first-order chi connectivity index (χ1) is 10.3. The predicted octanol–water partition coefficient (Wildman–Crippen LogP) is 0.643. The number of hydrogen-bond donors (Lipinski definition) is 2. The molecule has 0 spiro atoms. The van der Waals surface area contributed by atoms with Crippen LogP contribution in [0.5, 0.6) is 0 Å². The van der Waals surface area contributed by atoms with Gasteiger partial charge < -0.3 is 10.4 Å². The Kier molecular flexibility index (Phi) is 4.80. The third kappa shape index (κ3) is 4.03. The topological polar surface area (TPSA) is 113 Å². The molecule has 1 amide bonds. The van der Waals surface area contributed by atoms with Gasteiger partial charge in [0.25, 0.3) is 5.91 Å². The lowest BCUT2D eigenvalue weighted by molar-refractivity contribution is 0.0696. The molecule has 2 heterocycles. The van der Waals surface area contributed by atoms with Crippen LogP contribution in [0.4, 0.5) is 0 Å². The summed E-state index contributed by atoms with van der Waals surface area (Å²) in [6.45, 7) is 2.01. The second-order valence-corrected chi connectivity index (χ2v) is 7.77. The maximum Gasteiger partial charge on any atom is 0.337 e. The number of carboxylic acids is 1. The Morgan fingerprint density at radius 1 is 1.36 bits per heavy atom. The van der Waals surface area contributed by atoms with Gasteiger partial charge in [0, 0.05) is 12.7 Å². The van der Waals surface area contributed by atoms with E-state index in [9.17, 15) is 18.0 Å². The smallest absolute Gasteiger partial charge is 0.337 e. The van der Waals surface area contributed by atoms with Crippen molar-refractivity contribution in [3.05, 3.63) is 29.1 Å². The molecule has 0 aliphatic carbocycles. The second kappa shape index (κ2) is 6.43. The number of carbonyl (C=O) groups excluding carboxylic acids is 1. The van der Waals surface area contributed by atoms with Crippen LogP contribution in [0.3, 0.4) is 0 Å². The molecule has 0 bridgehead atoms. The minimum Gasteiger partial charge on any atom is -0.478 e. The van der Waals surface area contributed by atoms with Gasteiger partial charge in [0.1, 0.15) is 9.84 Å². The van der Waals surface area contributed by atoms with E-state index in [-0.39, 0.29) is 34.5 Å². The number of nitrogens with zero attached hydrogens (tertiary/aromatic N) is 1. The Balaban J connectivity index is 1.98. The summed E-state index contributed by atoms with van der Waals surface area (Å²) < 4.78 is 22.7. The maximum absolute atomic E-state index is 12.1. The summed E-state index contributed by atoms with van der Waals surface area (Å²) in [5, 5.41) is 11.7. The number of pyridine rings is 1. The van der Waals surface area contributed by atoms with Crippen molar-refractivity contribution in [2.75, 3.05) is 18.1 Å². The SMILES string of the molecule is Cc1ncc(C(=O)O)cc1C(=O)NCC1CCS(=O)(=O)CC1. The van der Waals surface area contributed by atoms with Gasteiger partial charge in [0.05, 0.1) is 28.3 Å². The number of carbonyl (C=O) groups is 2. The summed E-state index contributed by atoms with van der Waals surface area (Å²) in [7, 11) is -2.92. The van der Waals surface area contributed by atoms with Crippen molar-refractivity contribution >= 4 is 21.7 Å². The quantitative estimate of drug-likeness (QED) is 0.839. The van der Waals surface area contributed by atoms with Crippen molar-refractivity contribution in [1.82, 2.24) is 10.3 Å². The highest BCUT2D eigenvalue weighted by Crippen LogP contribution is 2.18. The van der Waals surface area contributed by atoms with Crippen LogP contribution in [0, 0.1) is 12.8 Å². The number of aryl methyl sites for hydroxylation is 1. The summed E-state index contributed by atoms with van der Waals surface area (Å²) >= 11 is 0. The van der Waals surface area contributed by atoms with Crippen molar-refractivity contribution in [3.8, 4) is 0 Å². The number of aromatic carboxylic acids is 1. The zero-order chi connectivity index (χ0) is 16.3. The van der Waals surface area contributed by atoms with Gasteiger partial charge in [-0.15, -0.1) is 0 Å². The fourth-order valence-corrected chi connectivity index (χ4v) is 3.94. The van der Waals surface area contributed by atoms with Crippen LogP contribution in [0.25, 0.3) is 0 Å². The van der Waals surface area contributed by atoms with Gasteiger partial charge >= 0.3 is 5.97 Å². The van der Waals surface area contributed by atoms with Crippen LogP contribution >= 0.6 is 0 Å². The molecule has 1 aliphatic rings. The summed E-state index contributed by atoms with van der Waals surface area (Å²) in [5.74, 6) is -1.09. The van der Waals surface area contributed by atoms with Gasteiger partial charge in [0.15, 0.2) is 0 Å². The maximum atomic E-state index is 12.1. The first kappa shape index (κ1) is 16.4. The Bertz CT molecular complexity index is 685. The molecule has 1 aromatic heterocycles. The highest BCUT2D eigenvalue weighted by molar-refractivity contribution is 7.91. The van der Waals surface area contributed by atoms with Crippen molar-refractivity contribution in [2.24, 2.45) is 5.92 Å². The van der Waals surface area contributed by atoms with Crippen LogP contribution in [0.2, 0.25) is 0 Å². The van der Waals surface area contributed by atoms with E-state index in [0.717, 1.165) is 0 Å². The lowest BCUT2D eigenvalue weighted by atomic mass is 10.0. The lowest BCUT2D eigenvalue weighted by Crippen LogP contribution is -2.34. The molecular formula is C14H18N2O5S. The molecular weight excluding hydrogens is 308 g/mol. The Labute approximate surface area is 128 Å². The predicted molar refractivity (Wildman–Crippen MR) is 79.6 cm³/mol. The number of amides is 1. The van der Waals surface area contributed by atoms with E-state index in [1.54, 1.807) is 6.92 Å². The molecule has 22 heavy (non-hydrogen) atoms. The number of aromatic nitrogens is 1. The molecule has 0 aromatic carbocycles. The third-order valence-electron chi connectivity index (χ3n) is 3.80. The van der Waals surface area contributed by atoms with E-state index in [1.807, 2.05) is 0 Å². The fourth-order valence-electron chi connectivity index (χ4n) is 2.36. The Hall–Kier alpha value is -1.96. The summed E-state index contributed by atoms with van der Waals surface area (Å²) in [6, 6.07) is 1.30. The standard InChI is InChI=1S/C14H18N2O5S/c1-9-12(6-11(8-15-9)14(18)19)13(17)16-7-10-2-4-22(20,21)5-3-10/h6,8,10H,2-5,7H2,1H3,(H,16,17)(H,18,19). The molecule has 0 saturated carbocycles. The number of nitrogens with one attached hydrogen (secondary N) is 1. The molecule has 2 rings (SSSR count). The molecule has 120 valence electrons. The average Bonchev–Trinajstić information content (AvgIpc) is 2.46. The van der Waals surface area contributed by atoms with E-state index in [1.165, 1.54) is 12.3 Å². The van der Waals surface area contributed by atoms with Gasteiger partial charge in [-0.1, -0.05) is 0 Å². The largest absolute Gasteiger partial charge is 0.478 e. The third-order valence-corrected chi connectivity index (χ3v) is 5.52. The van der Waals surface area contributed by atoms with Crippen molar-refractivity contribution < 1.29 is 23.1 Å². The zero-order valence-corrected chi connectivity index (χ0v) is 13.0. The number of rotatable bonds is 4. The molecule has 1 aromatic rings. The Morgan fingerprint density at radius 2 is 2.00 bits per heavy atom. The van der Waals surface area contributed by atoms with E-state index < -0.39 is 15.8 Å². The minimum absolute atomic E-state index is 0.0421. The molecule has 0 radical (unpaired) electrons. The molecule has 8 heteroatoms. The Morgan fingerprint density at radius 3 is 2.59 bits per heavy atom. The van der Waals surface area contributed by atoms with Crippen LogP contribution in [-0.2, 0) is 9.84 Å². The van der Waals surface area contributed by atoms with Gasteiger partial charge in [-0.3, -0.25) is 9.78 Å². The summed E-state index contributed by atoms with van der Waals surface area (Å²) in [5.41, 5.74) is 0.636. The highest BCUT2D eigenvalue weighted by atomic mass is 32.2. The summed E-state index contributed by atoms with van der Waals surface area (Å²) in [6.07, 6.45) is 2.28. The molecule has 0 unspecified atom stereocenters. The number of carboxylic acid groups (broad SMARTS) is 1. The molecule has 0 atom stereocenters. The average molecular weight is 326 g/mol. The second-order valence-electron chi connectivity index (χ2n) is 5.47. The van der Waals surface area contributed by atoms with Crippen LogP contribution in [0.1, 0.15) is 39.3 Å². The molecule has 7 nitrogen and oxygen atoms in total. The minimum atomic E-state index is -2.92. The molecule has 1 saturated heterocycles. The zero-order valence-electron chi connectivity index (χ0n) is 12.2. The van der Waals surface area contributed by atoms with Gasteiger partial charge in [-0.05, 0) is 31.7 Å². The van der Waals surface area contributed by atoms with E-state index in [2.05, 4.69) is 10.3 Å². The highest BCUT2D eigenvalue weighted by Gasteiger charge is 2.24. The molecule has 1 aliphatic heterocycles. The number of sulfone groups is 1. The van der Waals surface area contributed by atoms with Crippen molar-refractivity contribution in [2.45, 2.75) is 19.8 Å².